The van der Waals surface area contributed by atoms with Crippen molar-refractivity contribution in [3.8, 4) is 6.07 Å². The number of nitriles is 1. The molecular weight excluding hydrogens is 260 g/mol. The number of rotatable bonds is 5. The molecule has 98 valence electrons. The van der Waals surface area contributed by atoms with Gasteiger partial charge in [-0.15, -0.1) is 11.3 Å². The summed E-state index contributed by atoms with van der Waals surface area (Å²) in [6, 6.07) is 9.64. The number of Topliss-reactive ketones (excluding diaryl/α,β-unsaturated/α-hetero) is 1. The van der Waals surface area contributed by atoms with Gasteiger partial charge in [-0.2, -0.15) is 5.26 Å². The second-order valence-electron chi connectivity index (χ2n) is 4.08. The summed E-state index contributed by atoms with van der Waals surface area (Å²) in [6.07, 6.45) is -0.582. The zero-order valence-electron chi connectivity index (χ0n) is 10.8. The standard InChI is InChI=1S/C14H14N2O2S/c1-3-18-9(2)13(17)10(8-15)14-16-11-6-4-5-7-12(11)19-14/h4-7,9-10H,3H2,1-2H3/t9-,10-/m1/s1. The van der Waals surface area contributed by atoms with E-state index in [9.17, 15) is 10.1 Å². The highest BCUT2D eigenvalue weighted by Gasteiger charge is 2.28. The number of thiazole rings is 1. The van der Waals surface area contributed by atoms with Gasteiger partial charge in [0, 0.05) is 6.61 Å². The van der Waals surface area contributed by atoms with Gasteiger partial charge in [-0.05, 0) is 26.0 Å². The second kappa shape index (κ2) is 5.91. The van der Waals surface area contributed by atoms with Gasteiger partial charge in [0.1, 0.15) is 11.1 Å². The Kier molecular flexibility index (Phi) is 4.25. The number of ketones is 1. The van der Waals surface area contributed by atoms with Crippen LogP contribution in [0.15, 0.2) is 24.3 Å². The third-order valence-corrected chi connectivity index (χ3v) is 3.89. The summed E-state index contributed by atoms with van der Waals surface area (Å²) in [6.45, 7) is 3.94. The van der Waals surface area contributed by atoms with Gasteiger partial charge in [0.25, 0.3) is 0 Å². The number of fused-ring (bicyclic) bond motifs is 1. The monoisotopic (exact) mass is 274 g/mol. The largest absolute Gasteiger partial charge is 0.371 e. The van der Waals surface area contributed by atoms with Crippen LogP contribution in [0.2, 0.25) is 0 Å². The molecule has 2 aromatic rings. The molecule has 19 heavy (non-hydrogen) atoms. The van der Waals surface area contributed by atoms with E-state index in [0.29, 0.717) is 11.6 Å². The molecule has 0 aliphatic carbocycles. The lowest BCUT2D eigenvalue weighted by Crippen LogP contribution is -2.26. The number of nitrogens with zero attached hydrogens (tertiary/aromatic N) is 2. The average Bonchev–Trinajstić information content (AvgIpc) is 2.83. The number of hydrogen-bond acceptors (Lipinski definition) is 5. The first-order valence-corrected chi connectivity index (χ1v) is 6.89. The molecule has 0 unspecified atom stereocenters. The Labute approximate surface area is 115 Å². The first kappa shape index (κ1) is 13.7. The van der Waals surface area contributed by atoms with Crippen molar-refractivity contribution >= 4 is 27.3 Å². The fourth-order valence-electron chi connectivity index (χ4n) is 1.82. The highest BCUT2D eigenvalue weighted by molar-refractivity contribution is 7.18. The molecule has 0 aliphatic rings. The van der Waals surface area contributed by atoms with Crippen LogP contribution in [0.25, 0.3) is 10.2 Å². The summed E-state index contributed by atoms with van der Waals surface area (Å²) in [5.74, 6) is -1.08. The SMILES string of the molecule is CCO[C@H](C)C(=O)[C@@H](C#N)c1nc2ccccc2s1. The van der Waals surface area contributed by atoms with Crippen molar-refractivity contribution in [1.29, 1.82) is 5.26 Å². The van der Waals surface area contributed by atoms with Crippen LogP contribution < -0.4 is 0 Å². The van der Waals surface area contributed by atoms with E-state index in [0.717, 1.165) is 10.2 Å². The van der Waals surface area contributed by atoms with E-state index in [1.54, 1.807) is 6.92 Å². The van der Waals surface area contributed by atoms with E-state index in [1.807, 2.05) is 37.3 Å². The summed E-state index contributed by atoms with van der Waals surface area (Å²) in [7, 11) is 0. The molecule has 0 radical (unpaired) electrons. The number of benzene rings is 1. The van der Waals surface area contributed by atoms with Crippen molar-refractivity contribution in [3.05, 3.63) is 29.3 Å². The molecule has 0 N–H and O–H groups in total. The van der Waals surface area contributed by atoms with Crippen LogP contribution in [0.1, 0.15) is 24.8 Å². The molecule has 0 saturated carbocycles. The van der Waals surface area contributed by atoms with Crippen molar-refractivity contribution in [2.24, 2.45) is 0 Å². The fourth-order valence-corrected chi connectivity index (χ4v) is 2.84. The molecule has 0 aliphatic heterocycles. The average molecular weight is 274 g/mol. The normalized spacial score (nSPS) is 13.9. The summed E-state index contributed by atoms with van der Waals surface area (Å²) < 4.78 is 6.24. The van der Waals surface area contributed by atoms with Gasteiger partial charge in [-0.1, -0.05) is 12.1 Å². The Bertz CT molecular complexity index is 597. The zero-order chi connectivity index (χ0) is 13.8. The minimum absolute atomic E-state index is 0.233. The van der Waals surface area contributed by atoms with E-state index in [4.69, 9.17) is 4.74 Å². The van der Waals surface area contributed by atoms with Crippen molar-refractivity contribution in [2.75, 3.05) is 6.61 Å². The minimum Gasteiger partial charge on any atom is -0.371 e. The zero-order valence-corrected chi connectivity index (χ0v) is 11.6. The van der Waals surface area contributed by atoms with Gasteiger partial charge in [0.15, 0.2) is 11.7 Å². The summed E-state index contributed by atoms with van der Waals surface area (Å²) in [4.78, 5) is 16.5. The highest BCUT2D eigenvalue weighted by Crippen LogP contribution is 2.28. The molecule has 5 heteroatoms. The van der Waals surface area contributed by atoms with Gasteiger partial charge in [0.05, 0.1) is 16.3 Å². The van der Waals surface area contributed by atoms with Crippen LogP contribution >= 0.6 is 11.3 Å². The number of carbonyl (C=O) groups is 1. The lowest BCUT2D eigenvalue weighted by Gasteiger charge is -2.12. The Morgan fingerprint density at radius 3 is 2.89 bits per heavy atom. The van der Waals surface area contributed by atoms with E-state index in [2.05, 4.69) is 4.98 Å². The van der Waals surface area contributed by atoms with Crippen LogP contribution in [0, 0.1) is 11.3 Å². The predicted molar refractivity (Wildman–Crippen MR) is 74.1 cm³/mol. The maximum atomic E-state index is 12.2. The maximum Gasteiger partial charge on any atom is 0.185 e. The Balaban J connectivity index is 2.31. The van der Waals surface area contributed by atoms with Crippen molar-refractivity contribution in [2.45, 2.75) is 25.9 Å². The highest BCUT2D eigenvalue weighted by atomic mass is 32.1. The van der Waals surface area contributed by atoms with Gasteiger partial charge < -0.3 is 4.74 Å². The summed E-state index contributed by atoms with van der Waals surface area (Å²) >= 11 is 1.38. The molecular formula is C14H14N2O2S. The van der Waals surface area contributed by atoms with Gasteiger partial charge in [0.2, 0.25) is 0 Å². The van der Waals surface area contributed by atoms with Crippen LogP contribution in [-0.2, 0) is 9.53 Å². The maximum absolute atomic E-state index is 12.2. The van der Waals surface area contributed by atoms with E-state index < -0.39 is 12.0 Å². The van der Waals surface area contributed by atoms with Gasteiger partial charge in [-0.3, -0.25) is 4.79 Å². The third kappa shape index (κ3) is 2.80. The lowest BCUT2D eigenvalue weighted by molar-refractivity contribution is -0.129. The summed E-state index contributed by atoms with van der Waals surface area (Å²) in [5.41, 5.74) is 0.819. The lowest BCUT2D eigenvalue weighted by atomic mass is 10.0. The van der Waals surface area contributed by atoms with Crippen molar-refractivity contribution in [1.82, 2.24) is 4.98 Å². The first-order valence-electron chi connectivity index (χ1n) is 6.07. The number of carbonyl (C=O) groups excluding carboxylic acids is 1. The molecule has 0 fully saturated rings. The number of para-hydroxylation sites is 1. The molecule has 0 amide bonds. The smallest absolute Gasteiger partial charge is 0.185 e. The Hall–Kier alpha value is -1.77. The topological polar surface area (TPSA) is 63.0 Å². The molecule has 0 spiro atoms. The van der Waals surface area contributed by atoms with E-state index in [-0.39, 0.29) is 5.78 Å². The number of hydrogen-bond donors (Lipinski definition) is 0. The van der Waals surface area contributed by atoms with Crippen molar-refractivity contribution in [3.63, 3.8) is 0 Å². The fraction of sp³-hybridized carbons (Fsp3) is 0.357. The Morgan fingerprint density at radius 1 is 1.53 bits per heavy atom. The number of aromatic nitrogens is 1. The quantitative estimate of drug-likeness (QED) is 0.841. The first-order chi connectivity index (χ1) is 9.17. The van der Waals surface area contributed by atoms with Crippen LogP contribution in [0.3, 0.4) is 0 Å². The number of ether oxygens (including phenoxy) is 1. The summed E-state index contributed by atoms with van der Waals surface area (Å²) in [5, 5.41) is 9.77. The van der Waals surface area contributed by atoms with E-state index in [1.165, 1.54) is 11.3 Å². The molecule has 1 aromatic carbocycles. The minimum atomic E-state index is -0.848. The Morgan fingerprint density at radius 2 is 2.26 bits per heavy atom. The van der Waals surface area contributed by atoms with Crippen molar-refractivity contribution < 1.29 is 9.53 Å². The molecule has 0 saturated heterocycles. The second-order valence-corrected chi connectivity index (χ2v) is 5.14. The predicted octanol–water partition coefficient (Wildman–Crippen LogP) is 2.90. The van der Waals surface area contributed by atoms with E-state index >= 15 is 0 Å². The molecule has 4 nitrogen and oxygen atoms in total. The molecule has 1 aromatic heterocycles. The van der Waals surface area contributed by atoms with Gasteiger partial charge in [-0.25, -0.2) is 4.98 Å². The van der Waals surface area contributed by atoms with Crippen LogP contribution in [0.5, 0.6) is 0 Å². The van der Waals surface area contributed by atoms with Gasteiger partial charge >= 0.3 is 0 Å². The van der Waals surface area contributed by atoms with Crippen LogP contribution in [-0.4, -0.2) is 23.5 Å². The molecule has 2 atom stereocenters. The molecule has 0 bridgehead atoms. The third-order valence-electron chi connectivity index (χ3n) is 2.79. The molecule has 2 rings (SSSR count). The molecule has 1 heterocycles. The van der Waals surface area contributed by atoms with Crippen LogP contribution in [0.4, 0.5) is 0 Å².